The Hall–Kier alpha value is -1.51. The van der Waals surface area contributed by atoms with E-state index in [1.54, 1.807) is 0 Å². The van der Waals surface area contributed by atoms with E-state index in [2.05, 4.69) is 38.2 Å². The van der Waals surface area contributed by atoms with Gasteiger partial charge in [0.1, 0.15) is 6.61 Å². The van der Waals surface area contributed by atoms with Crippen molar-refractivity contribution in [2.24, 2.45) is 5.73 Å². The van der Waals surface area contributed by atoms with Crippen LogP contribution < -0.4 is 5.73 Å². The number of unbranched alkanes of at least 4 members (excludes halogenated alkanes) is 32. The minimum absolute atomic E-state index is 0.0538. The molecule has 0 bridgehead atoms. The summed E-state index contributed by atoms with van der Waals surface area (Å²) in [6, 6.07) is 0. The van der Waals surface area contributed by atoms with Gasteiger partial charge in [-0.15, -0.1) is 0 Å². The normalized spacial score (nSPS) is 13.3. The summed E-state index contributed by atoms with van der Waals surface area (Å²) in [6.07, 6.45) is 53.6. The molecule has 0 saturated carbocycles. The maximum Gasteiger partial charge on any atom is 0.472 e. The highest BCUT2D eigenvalue weighted by Crippen LogP contribution is 2.43. The summed E-state index contributed by atoms with van der Waals surface area (Å²) in [5, 5.41) is 0. The van der Waals surface area contributed by atoms with Crippen LogP contribution in [0.2, 0.25) is 0 Å². The maximum atomic E-state index is 12.6. The molecule has 3 N–H and O–H groups in total. The van der Waals surface area contributed by atoms with E-state index in [4.69, 9.17) is 24.3 Å². The average molecular weight is 884 g/mol. The van der Waals surface area contributed by atoms with E-state index in [1.807, 2.05) is 0 Å². The first-order valence-corrected chi connectivity index (χ1v) is 27.3. The van der Waals surface area contributed by atoms with Gasteiger partial charge in [-0.2, -0.15) is 0 Å². The summed E-state index contributed by atoms with van der Waals surface area (Å²) in [5.41, 5.74) is 5.37. The predicted molar refractivity (Wildman–Crippen MR) is 257 cm³/mol. The zero-order valence-corrected chi connectivity index (χ0v) is 40.8. The fraction of sp³-hybridized carbons (Fsp3) is 0.882. The fourth-order valence-corrected chi connectivity index (χ4v) is 8.26. The van der Waals surface area contributed by atoms with E-state index in [0.29, 0.717) is 6.42 Å². The van der Waals surface area contributed by atoms with Gasteiger partial charge in [0.2, 0.25) is 0 Å². The lowest BCUT2D eigenvalue weighted by atomic mass is 10.0. The molecule has 0 aliphatic rings. The molecule has 0 heterocycles. The monoisotopic (exact) mass is 884 g/mol. The Morgan fingerprint density at radius 1 is 0.492 bits per heavy atom. The van der Waals surface area contributed by atoms with E-state index in [1.165, 1.54) is 173 Å². The number of phosphoric ester groups is 1. The molecular weight excluding hydrogens is 786 g/mol. The van der Waals surface area contributed by atoms with Crippen LogP contribution in [0.1, 0.15) is 258 Å². The molecular formula is C51H98NO8P. The Labute approximate surface area is 376 Å². The van der Waals surface area contributed by atoms with Crippen LogP contribution in [0.4, 0.5) is 0 Å². The van der Waals surface area contributed by atoms with Crippen LogP contribution in [0.5, 0.6) is 0 Å². The zero-order valence-electron chi connectivity index (χ0n) is 39.9. The molecule has 0 aromatic carbocycles. The largest absolute Gasteiger partial charge is 0.472 e. The van der Waals surface area contributed by atoms with Gasteiger partial charge in [0, 0.05) is 19.4 Å². The predicted octanol–water partition coefficient (Wildman–Crippen LogP) is 15.5. The lowest BCUT2D eigenvalue weighted by Crippen LogP contribution is -2.29. The molecule has 61 heavy (non-hydrogen) atoms. The Morgan fingerprint density at radius 2 is 0.852 bits per heavy atom. The van der Waals surface area contributed by atoms with Crippen LogP contribution in [0, 0.1) is 0 Å². The molecule has 0 amide bonds. The van der Waals surface area contributed by atoms with Crippen molar-refractivity contribution in [2.75, 3.05) is 26.4 Å². The van der Waals surface area contributed by atoms with Crippen molar-refractivity contribution in [1.29, 1.82) is 0 Å². The van der Waals surface area contributed by atoms with Gasteiger partial charge in [-0.3, -0.25) is 18.6 Å². The van der Waals surface area contributed by atoms with Crippen LogP contribution in [-0.4, -0.2) is 49.3 Å². The first-order chi connectivity index (χ1) is 29.8. The van der Waals surface area contributed by atoms with Crippen molar-refractivity contribution in [3.05, 3.63) is 24.3 Å². The zero-order chi connectivity index (χ0) is 44.6. The number of phosphoric acid groups is 1. The highest BCUT2D eigenvalue weighted by atomic mass is 31.2. The topological polar surface area (TPSA) is 134 Å². The van der Waals surface area contributed by atoms with Gasteiger partial charge >= 0.3 is 19.8 Å². The molecule has 0 saturated heterocycles. The van der Waals surface area contributed by atoms with Crippen LogP contribution in [0.15, 0.2) is 24.3 Å². The number of carbonyl (C=O) groups is 2. The summed E-state index contributed by atoms with van der Waals surface area (Å²) >= 11 is 0. The molecule has 1 unspecified atom stereocenters. The number of hydrogen-bond acceptors (Lipinski definition) is 8. The minimum Gasteiger partial charge on any atom is -0.462 e. The summed E-state index contributed by atoms with van der Waals surface area (Å²) < 4.78 is 32.9. The smallest absolute Gasteiger partial charge is 0.462 e. The molecule has 0 aromatic heterocycles. The number of rotatable bonds is 49. The van der Waals surface area contributed by atoms with E-state index in [0.717, 1.165) is 51.4 Å². The highest BCUT2D eigenvalue weighted by molar-refractivity contribution is 7.47. The first-order valence-electron chi connectivity index (χ1n) is 25.8. The summed E-state index contributed by atoms with van der Waals surface area (Å²) in [7, 11) is -4.38. The molecule has 0 fully saturated rings. The number of carbonyl (C=O) groups excluding carboxylic acids is 2. The standard InChI is InChI=1S/C51H98NO8P/c1-3-5-7-9-11-13-15-17-19-21-22-23-24-25-26-28-29-31-33-35-37-39-41-43-50(53)57-47-49(48-59-61(55,56)58-46-45-52)60-51(54)44-42-40-38-36-34-32-30-27-20-18-16-14-12-10-8-6-4-2/h12,14,18,20,49H,3-11,13,15-17,19,21-48,52H2,1-2H3,(H,55,56)/b14-12+,20-18+/t49-/m0/s1. The van der Waals surface area contributed by atoms with Crippen molar-refractivity contribution >= 4 is 19.8 Å². The lowest BCUT2D eigenvalue weighted by molar-refractivity contribution is -0.161. The summed E-state index contributed by atoms with van der Waals surface area (Å²) in [6.45, 7) is 3.75. The molecule has 0 aromatic rings. The van der Waals surface area contributed by atoms with E-state index in [-0.39, 0.29) is 38.6 Å². The average Bonchev–Trinajstić information content (AvgIpc) is 3.25. The van der Waals surface area contributed by atoms with E-state index < -0.39 is 26.5 Å². The molecule has 0 aliphatic carbocycles. The van der Waals surface area contributed by atoms with Gasteiger partial charge in [0.25, 0.3) is 0 Å². The fourth-order valence-electron chi connectivity index (χ4n) is 7.49. The SMILES string of the molecule is CCCCC/C=C/C/C=C/CCCCCCCCCC(=O)O[C@@H](COC(=O)CCCCCCCCCCCCCCCCCCCCCCCCC)COP(=O)(O)OCCN. The lowest BCUT2D eigenvalue weighted by Gasteiger charge is -2.19. The molecule has 10 heteroatoms. The van der Waals surface area contributed by atoms with Gasteiger partial charge < -0.3 is 20.1 Å². The number of allylic oxidation sites excluding steroid dienone is 4. The van der Waals surface area contributed by atoms with Gasteiger partial charge in [-0.1, -0.05) is 224 Å². The first kappa shape index (κ1) is 59.5. The van der Waals surface area contributed by atoms with Gasteiger partial charge in [-0.05, 0) is 44.9 Å². The molecule has 360 valence electrons. The number of hydrogen-bond donors (Lipinski definition) is 2. The van der Waals surface area contributed by atoms with Crippen LogP contribution in [0.3, 0.4) is 0 Å². The molecule has 0 radical (unpaired) electrons. The molecule has 0 rings (SSSR count). The maximum absolute atomic E-state index is 12.6. The minimum atomic E-state index is -4.38. The molecule has 2 atom stereocenters. The van der Waals surface area contributed by atoms with Gasteiger partial charge in [-0.25, -0.2) is 4.57 Å². The second-order valence-electron chi connectivity index (χ2n) is 17.4. The van der Waals surface area contributed by atoms with Crippen molar-refractivity contribution in [1.82, 2.24) is 0 Å². The number of nitrogens with two attached hydrogens (primary N) is 1. The third-order valence-electron chi connectivity index (χ3n) is 11.3. The van der Waals surface area contributed by atoms with Gasteiger partial charge in [0.15, 0.2) is 6.10 Å². The van der Waals surface area contributed by atoms with E-state index in [9.17, 15) is 19.0 Å². The Balaban J connectivity index is 3.99. The van der Waals surface area contributed by atoms with Crippen LogP contribution in [-0.2, 0) is 32.7 Å². The highest BCUT2D eigenvalue weighted by Gasteiger charge is 2.26. The second-order valence-corrected chi connectivity index (χ2v) is 18.9. The van der Waals surface area contributed by atoms with E-state index >= 15 is 0 Å². The van der Waals surface area contributed by atoms with Crippen LogP contribution >= 0.6 is 7.82 Å². The number of esters is 2. The Kier molecular flexibility index (Phi) is 46.8. The third-order valence-corrected chi connectivity index (χ3v) is 12.3. The second kappa shape index (κ2) is 48.0. The Bertz CT molecular complexity index is 1050. The van der Waals surface area contributed by atoms with Crippen molar-refractivity contribution < 1.29 is 37.6 Å². The third kappa shape index (κ3) is 47.8. The van der Waals surface area contributed by atoms with Crippen molar-refractivity contribution in [3.8, 4) is 0 Å². The van der Waals surface area contributed by atoms with Gasteiger partial charge in [0.05, 0.1) is 13.2 Å². The summed E-state index contributed by atoms with van der Waals surface area (Å²) in [4.78, 5) is 35.0. The van der Waals surface area contributed by atoms with Crippen molar-refractivity contribution in [2.45, 2.75) is 264 Å². The number of ether oxygens (including phenoxy) is 2. The summed E-state index contributed by atoms with van der Waals surface area (Å²) in [5.74, 6) is -0.824. The van der Waals surface area contributed by atoms with Crippen molar-refractivity contribution in [3.63, 3.8) is 0 Å². The molecule has 0 aliphatic heterocycles. The van der Waals surface area contributed by atoms with Crippen LogP contribution in [0.25, 0.3) is 0 Å². The molecule has 0 spiro atoms. The Morgan fingerprint density at radius 3 is 1.28 bits per heavy atom. The molecule has 9 nitrogen and oxygen atoms in total. The quantitative estimate of drug-likeness (QED) is 0.0265.